The highest BCUT2D eigenvalue weighted by atomic mass is 79.9. The summed E-state index contributed by atoms with van der Waals surface area (Å²) in [7, 11) is 0. The van der Waals surface area contributed by atoms with Gasteiger partial charge in [0.1, 0.15) is 0 Å². The molecular weight excluding hydrogens is 374 g/mol. The Balaban J connectivity index is 1.87. The van der Waals surface area contributed by atoms with Crippen molar-refractivity contribution in [2.75, 3.05) is 25.1 Å². The molecule has 1 fully saturated rings. The minimum Gasteiger partial charge on any atom is -0.381 e. The van der Waals surface area contributed by atoms with Crippen LogP contribution in [-0.4, -0.2) is 29.7 Å². The van der Waals surface area contributed by atoms with E-state index >= 15 is 0 Å². The Labute approximate surface area is 148 Å². The van der Waals surface area contributed by atoms with Gasteiger partial charge in [-0.15, -0.1) is 0 Å². The number of ether oxygens (including phenoxy) is 1. The molecule has 2 heterocycles. The van der Waals surface area contributed by atoms with Gasteiger partial charge in [0.15, 0.2) is 0 Å². The number of nitrogens with one attached hydrogen (secondary N) is 1. The van der Waals surface area contributed by atoms with E-state index in [1.165, 1.54) is 11.6 Å². The average molecular weight is 392 g/mol. The first-order valence-electron chi connectivity index (χ1n) is 7.78. The maximum absolute atomic E-state index is 11.2. The molecule has 2 aromatic rings. The standard InChI is InChI=1S/C17H18BrN3O3/c18-14-4-1-3-13(11-14)17(6-9-24-10-7-17)12-20-16-15(21(22)23)5-2-8-19-16/h1-5,8,11H,6-7,9-10,12H2,(H,19,20). The van der Waals surface area contributed by atoms with Crippen molar-refractivity contribution >= 4 is 27.4 Å². The summed E-state index contributed by atoms with van der Waals surface area (Å²) < 4.78 is 6.55. The van der Waals surface area contributed by atoms with Crippen LogP contribution in [0.15, 0.2) is 47.1 Å². The third kappa shape index (κ3) is 3.57. The molecule has 1 saturated heterocycles. The van der Waals surface area contributed by atoms with Crippen LogP contribution in [0.2, 0.25) is 0 Å². The lowest BCUT2D eigenvalue weighted by atomic mass is 9.74. The van der Waals surface area contributed by atoms with Crippen LogP contribution in [-0.2, 0) is 10.2 Å². The topological polar surface area (TPSA) is 77.3 Å². The highest BCUT2D eigenvalue weighted by Gasteiger charge is 2.35. The largest absolute Gasteiger partial charge is 0.381 e. The van der Waals surface area contributed by atoms with Crippen LogP contribution in [0.1, 0.15) is 18.4 Å². The number of halogens is 1. The summed E-state index contributed by atoms with van der Waals surface area (Å²) in [4.78, 5) is 14.9. The van der Waals surface area contributed by atoms with Crippen molar-refractivity contribution < 1.29 is 9.66 Å². The summed E-state index contributed by atoms with van der Waals surface area (Å²) in [5.74, 6) is 0.309. The molecule has 0 spiro atoms. The highest BCUT2D eigenvalue weighted by molar-refractivity contribution is 9.10. The van der Waals surface area contributed by atoms with Crippen LogP contribution in [0.4, 0.5) is 11.5 Å². The number of benzene rings is 1. The number of aromatic nitrogens is 1. The Kier molecular flexibility index (Phi) is 5.11. The first kappa shape index (κ1) is 16.9. The summed E-state index contributed by atoms with van der Waals surface area (Å²) in [5.41, 5.74) is 1.06. The van der Waals surface area contributed by atoms with Gasteiger partial charge in [0.2, 0.25) is 5.82 Å². The molecule has 0 saturated carbocycles. The normalized spacial score (nSPS) is 16.5. The summed E-state index contributed by atoms with van der Waals surface area (Å²) >= 11 is 3.53. The molecule has 7 heteroatoms. The van der Waals surface area contributed by atoms with E-state index in [1.807, 2.05) is 12.1 Å². The van der Waals surface area contributed by atoms with Gasteiger partial charge < -0.3 is 10.1 Å². The predicted molar refractivity (Wildman–Crippen MR) is 95.3 cm³/mol. The number of rotatable bonds is 5. The predicted octanol–water partition coefficient (Wildman–Crippen LogP) is 3.91. The molecule has 1 aliphatic rings. The quantitative estimate of drug-likeness (QED) is 0.617. The zero-order valence-corrected chi connectivity index (χ0v) is 14.7. The van der Waals surface area contributed by atoms with Crippen molar-refractivity contribution in [3.63, 3.8) is 0 Å². The molecule has 0 aliphatic carbocycles. The van der Waals surface area contributed by atoms with Crippen LogP contribution < -0.4 is 5.32 Å². The van der Waals surface area contributed by atoms with Crippen LogP contribution in [0, 0.1) is 10.1 Å². The molecule has 1 aromatic carbocycles. The average Bonchev–Trinajstić information content (AvgIpc) is 2.61. The number of nitrogens with zero attached hydrogens (tertiary/aromatic N) is 2. The summed E-state index contributed by atoms with van der Waals surface area (Å²) in [6.45, 7) is 1.93. The van der Waals surface area contributed by atoms with E-state index in [4.69, 9.17) is 4.74 Å². The Morgan fingerprint density at radius 1 is 1.29 bits per heavy atom. The van der Waals surface area contributed by atoms with Crippen molar-refractivity contribution in [1.82, 2.24) is 4.98 Å². The van der Waals surface area contributed by atoms with Crippen LogP contribution in [0.5, 0.6) is 0 Å². The number of hydrogen-bond acceptors (Lipinski definition) is 5. The van der Waals surface area contributed by atoms with Gasteiger partial charge in [0.05, 0.1) is 4.92 Å². The Hall–Kier alpha value is -1.99. The molecule has 0 bridgehead atoms. The Bertz CT molecular complexity index is 733. The van der Waals surface area contributed by atoms with Gasteiger partial charge in [-0.25, -0.2) is 4.98 Å². The van der Waals surface area contributed by atoms with Gasteiger partial charge in [-0.3, -0.25) is 10.1 Å². The van der Waals surface area contributed by atoms with Gasteiger partial charge in [0.25, 0.3) is 0 Å². The zero-order chi connectivity index (χ0) is 17.0. The van der Waals surface area contributed by atoms with E-state index in [2.05, 4.69) is 38.4 Å². The fourth-order valence-corrected chi connectivity index (χ4v) is 3.48. The molecule has 1 aromatic heterocycles. The van der Waals surface area contributed by atoms with Gasteiger partial charge >= 0.3 is 5.69 Å². The number of pyridine rings is 1. The molecule has 0 unspecified atom stereocenters. The van der Waals surface area contributed by atoms with E-state index in [0.717, 1.165) is 17.3 Å². The van der Waals surface area contributed by atoms with E-state index < -0.39 is 4.92 Å². The highest BCUT2D eigenvalue weighted by Crippen LogP contribution is 2.36. The summed E-state index contributed by atoms with van der Waals surface area (Å²) in [6, 6.07) is 11.3. The smallest absolute Gasteiger partial charge is 0.311 e. The minimum atomic E-state index is -0.412. The van der Waals surface area contributed by atoms with E-state index in [1.54, 1.807) is 12.3 Å². The first-order chi connectivity index (χ1) is 11.6. The third-order valence-electron chi connectivity index (χ3n) is 4.46. The molecule has 0 atom stereocenters. The molecule has 3 rings (SSSR count). The van der Waals surface area contributed by atoms with Crippen LogP contribution in [0.3, 0.4) is 0 Å². The molecule has 6 nitrogen and oxygen atoms in total. The number of anilines is 1. The lowest BCUT2D eigenvalue weighted by molar-refractivity contribution is -0.384. The van der Waals surface area contributed by atoms with Gasteiger partial charge in [-0.1, -0.05) is 28.1 Å². The van der Waals surface area contributed by atoms with Crippen molar-refractivity contribution in [2.24, 2.45) is 0 Å². The maximum atomic E-state index is 11.2. The molecule has 0 radical (unpaired) electrons. The summed E-state index contributed by atoms with van der Waals surface area (Å²) in [6.07, 6.45) is 3.28. The van der Waals surface area contributed by atoms with Crippen LogP contribution >= 0.6 is 15.9 Å². The van der Waals surface area contributed by atoms with Crippen molar-refractivity contribution in [3.05, 3.63) is 62.7 Å². The maximum Gasteiger partial charge on any atom is 0.311 e. The lowest BCUT2D eigenvalue weighted by Gasteiger charge is -2.38. The SMILES string of the molecule is O=[N+]([O-])c1cccnc1NCC1(c2cccc(Br)c2)CCOCC1. The zero-order valence-electron chi connectivity index (χ0n) is 13.1. The number of hydrogen-bond donors (Lipinski definition) is 1. The molecular formula is C17H18BrN3O3. The molecule has 0 amide bonds. The molecule has 1 N–H and O–H groups in total. The lowest BCUT2D eigenvalue weighted by Crippen LogP contribution is -2.40. The molecule has 1 aliphatic heterocycles. The second kappa shape index (κ2) is 7.27. The van der Waals surface area contributed by atoms with Crippen molar-refractivity contribution in [3.8, 4) is 0 Å². The second-order valence-electron chi connectivity index (χ2n) is 5.88. The fourth-order valence-electron chi connectivity index (χ4n) is 3.08. The van der Waals surface area contributed by atoms with Crippen molar-refractivity contribution in [1.29, 1.82) is 0 Å². The fraction of sp³-hybridized carbons (Fsp3) is 0.353. The monoisotopic (exact) mass is 391 g/mol. The Morgan fingerprint density at radius 3 is 2.79 bits per heavy atom. The van der Waals surface area contributed by atoms with E-state index in [-0.39, 0.29) is 11.1 Å². The second-order valence-corrected chi connectivity index (χ2v) is 6.80. The van der Waals surface area contributed by atoms with E-state index in [9.17, 15) is 10.1 Å². The number of nitro groups is 1. The van der Waals surface area contributed by atoms with Gasteiger partial charge in [-0.2, -0.15) is 0 Å². The minimum absolute atomic E-state index is 0.00560. The van der Waals surface area contributed by atoms with Gasteiger partial charge in [-0.05, 0) is 36.6 Å². The molecule has 24 heavy (non-hydrogen) atoms. The Morgan fingerprint density at radius 2 is 2.08 bits per heavy atom. The van der Waals surface area contributed by atoms with Crippen molar-refractivity contribution in [2.45, 2.75) is 18.3 Å². The van der Waals surface area contributed by atoms with Gasteiger partial charge in [0, 0.05) is 41.9 Å². The van der Waals surface area contributed by atoms with Crippen LogP contribution in [0.25, 0.3) is 0 Å². The summed E-state index contributed by atoms with van der Waals surface area (Å²) in [5, 5.41) is 14.4. The van der Waals surface area contributed by atoms with E-state index in [0.29, 0.717) is 25.6 Å². The third-order valence-corrected chi connectivity index (χ3v) is 4.96. The molecule has 126 valence electrons. The first-order valence-corrected chi connectivity index (χ1v) is 8.57.